The number of aliphatic hydroxyl groups excluding tert-OH is 2. The fourth-order valence-electron chi connectivity index (χ4n) is 4.31. The molecule has 4 atom stereocenters. The molecule has 0 unspecified atom stereocenters. The molecule has 0 spiro atoms. The Labute approximate surface area is 294 Å². The third-order valence-corrected chi connectivity index (χ3v) is 6.98. The highest BCUT2D eigenvalue weighted by atomic mass is 16.6. The van der Waals surface area contributed by atoms with Crippen molar-refractivity contribution in [2.24, 2.45) is 0 Å². The van der Waals surface area contributed by atoms with E-state index >= 15 is 0 Å². The number of benzene rings is 3. The van der Waals surface area contributed by atoms with E-state index in [0.29, 0.717) is 22.4 Å². The molecule has 3 aromatic carbocycles. The third kappa shape index (κ3) is 13.0. The number of carboxylic acid groups (broad SMARTS) is 3. The molecule has 0 aromatic heterocycles. The lowest BCUT2D eigenvalue weighted by Crippen LogP contribution is -2.57. The highest BCUT2D eigenvalue weighted by molar-refractivity contribution is 5.88. The number of rotatable bonds is 9. The molecular weight excluding hydrogens is 692 g/mol. The van der Waals surface area contributed by atoms with Crippen LogP contribution in [0.25, 0.3) is 18.2 Å². The van der Waals surface area contributed by atoms with Gasteiger partial charge in [0.15, 0.2) is 40.1 Å². The monoisotopic (exact) mass is 728 g/mol. The van der Waals surface area contributed by atoms with Crippen LogP contribution in [0, 0.1) is 0 Å². The van der Waals surface area contributed by atoms with Gasteiger partial charge in [-0.15, -0.1) is 0 Å². The number of hydrogen-bond donors (Lipinski definition) is 11. The first kappa shape index (κ1) is 41.6. The fraction of sp³-hybridized carbons (Fsp3) is 0.200. The van der Waals surface area contributed by atoms with Crippen molar-refractivity contribution in [3.63, 3.8) is 0 Å². The molecule has 0 heterocycles. The highest BCUT2D eigenvalue weighted by Crippen LogP contribution is 2.32. The number of ether oxygens (including phenoxy) is 2. The van der Waals surface area contributed by atoms with Crippen LogP contribution in [0.2, 0.25) is 0 Å². The summed E-state index contributed by atoms with van der Waals surface area (Å²) in [5.41, 5.74) is -0.769. The molecule has 0 radical (unpaired) electrons. The van der Waals surface area contributed by atoms with Crippen molar-refractivity contribution < 1.29 is 84.8 Å². The number of carbonyl (C=O) groups is 4. The van der Waals surface area contributed by atoms with Gasteiger partial charge in [-0.3, -0.25) is 0 Å². The van der Waals surface area contributed by atoms with E-state index in [1.165, 1.54) is 67.8 Å². The van der Waals surface area contributed by atoms with Crippen LogP contribution in [0.5, 0.6) is 34.5 Å². The maximum atomic E-state index is 11.8. The number of esters is 1. The second kappa shape index (κ2) is 19.0. The van der Waals surface area contributed by atoms with Gasteiger partial charge in [0, 0.05) is 31.1 Å². The molecule has 11 N–H and O–H groups in total. The van der Waals surface area contributed by atoms with Gasteiger partial charge in [0.25, 0.3) is 0 Å². The van der Waals surface area contributed by atoms with Gasteiger partial charge in [0.1, 0.15) is 12.2 Å². The highest BCUT2D eigenvalue weighted by Gasteiger charge is 2.50. The topological polar surface area (TPSA) is 309 Å². The molecule has 17 nitrogen and oxygen atoms in total. The number of methoxy groups -OCH3 is 1. The summed E-state index contributed by atoms with van der Waals surface area (Å²) in [6.07, 6.45) is 1.27. The average Bonchev–Trinajstić information content (AvgIpc) is 3.08. The number of aromatic hydroxyl groups is 5. The molecule has 0 amide bonds. The molecule has 52 heavy (non-hydrogen) atoms. The molecule has 1 fully saturated rings. The maximum Gasteiger partial charge on any atom is 0.335 e. The molecule has 3 aromatic rings. The van der Waals surface area contributed by atoms with Crippen LogP contribution in [0.4, 0.5) is 0 Å². The number of hydrogen-bond acceptors (Lipinski definition) is 14. The zero-order valence-corrected chi connectivity index (χ0v) is 27.2. The van der Waals surface area contributed by atoms with Crippen LogP contribution in [0.3, 0.4) is 0 Å². The van der Waals surface area contributed by atoms with E-state index in [4.69, 9.17) is 35.0 Å². The summed E-state index contributed by atoms with van der Waals surface area (Å²) in [5.74, 6) is -5.48. The van der Waals surface area contributed by atoms with E-state index in [1.54, 1.807) is 12.1 Å². The standard InChI is InChI=1S/C16H18O9.C10H10O4.C9H8O4/c17-9-3-1-8(5-10(9)18)2-4-13(20)25-12-7-16(24,15(22)23)6-11(19)14(12)21;1-14-9-6-7(2-4-8(9)11)3-5-10(12)13;10-7-3-1-6(5-8(7)11)2-4-9(12)13/h1-5,11-12,14,17-19,21,24H,6-7H2,(H,22,23);2-6,11H,1H3,(H,12,13);1-5,10-11H,(H,12,13)/b;5-3+;/t11-,12-,14-,16+;;/m1../s1. The summed E-state index contributed by atoms with van der Waals surface area (Å²) >= 11 is 0. The zero-order valence-electron chi connectivity index (χ0n) is 27.2. The van der Waals surface area contributed by atoms with Crippen molar-refractivity contribution in [1.82, 2.24) is 0 Å². The van der Waals surface area contributed by atoms with E-state index in [1.807, 2.05) is 0 Å². The van der Waals surface area contributed by atoms with Crippen molar-refractivity contribution in [2.45, 2.75) is 36.8 Å². The van der Waals surface area contributed by atoms with Crippen molar-refractivity contribution in [2.75, 3.05) is 7.11 Å². The average molecular weight is 729 g/mol. The molecular formula is C35H36O17. The van der Waals surface area contributed by atoms with E-state index in [-0.39, 0.29) is 28.7 Å². The predicted molar refractivity (Wildman–Crippen MR) is 180 cm³/mol. The molecule has 1 aliphatic rings. The maximum absolute atomic E-state index is 11.8. The van der Waals surface area contributed by atoms with Crippen molar-refractivity contribution >= 4 is 42.1 Å². The summed E-state index contributed by atoms with van der Waals surface area (Å²) < 4.78 is 9.79. The Morgan fingerprint density at radius 1 is 0.654 bits per heavy atom. The molecule has 1 saturated carbocycles. The van der Waals surface area contributed by atoms with Crippen LogP contribution in [-0.4, -0.2) is 111 Å². The summed E-state index contributed by atoms with van der Waals surface area (Å²) in [6, 6.07) is 12.5. The quantitative estimate of drug-likeness (QED) is 0.0853. The van der Waals surface area contributed by atoms with E-state index < -0.39 is 60.6 Å². The molecule has 0 aliphatic heterocycles. The summed E-state index contributed by atoms with van der Waals surface area (Å²) in [6.45, 7) is 0. The molecule has 4 rings (SSSR count). The first-order valence-electron chi connectivity index (χ1n) is 14.8. The second-order valence-corrected chi connectivity index (χ2v) is 10.9. The van der Waals surface area contributed by atoms with E-state index in [0.717, 1.165) is 18.2 Å². The van der Waals surface area contributed by atoms with E-state index in [9.17, 15) is 49.8 Å². The minimum absolute atomic E-state index is 0.0278. The van der Waals surface area contributed by atoms with Gasteiger partial charge >= 0.3 is 23.9 Å². The van der Waals surface area contributed by atoms with Gasteiger partial charge in [-0.05, 0) is 71.3 Å². The molecule has 1 aliphatic carbocycles. The molecule has 0 bridgehead atoms. The van der Waals surface area contributed by atoms with Crippen LogP contribution in [-0.2, 0) is 23.9 Å². The van der Waals surface area contributed by atoms with Crippen LogP contribution >= 0.6 is 0 Å². The van der Waals surface area contributed by atoms with E-state index in [2.05, 4.69) is 0 Å². The first-order valence-corrected chi connectivity index (χ1v) is 14.8. The van der Waals surface area contributed by atoms with Gasteiger partial charge in [-0.2, -0.15) is 0 Å². The molecule has 278 valence electrons. The van der Waals surface area contributed by atoms with Crippen LogP contribution < -0.4 is 4.74 Å². The fourth-order valence-corrected chi connectivity index (χ4v) is 4.31. The lowest BCUT2D eigenvalue weighted by Gasteiger charge is -2.39. The lowest BCUT2D eigenvalue weighted by atomic mass is 9.79. The smallest absolute Gasteiger partial charge is 0.335 e. The Morgan fingerprint density at radius 2 is 1.10 bits per heavy atom. The number of phenolic OH excluding ortho intramolecular Hbond substituents is 5. The third-order valence-electron chi connectivity index (χ3n) is 6.98. The Morgan fingerprint density at radius 3 is 1.52 bits per heavy atom. The van der Waals surface area contributed by atoms with Gasteiger partial charge in [-0.25, -0.2) is 19.2 Å². The van der Waals surface area contributed by atoms with Crippen LogP contribution in [0.15, 0.2) is 72.8 Å². The number of aliphatic hydroxyl groups is 3. The number of carboxylic acids is 3. The largest absolute Gasteiger partial charge is 0.504 e. The Bertz CT molecular complexity index is 1830. The SMILES string of the molecule is COc1cc(/C=C/C(=O)O)ccc1O.O=C(C=Cc1ccc(O)c(O)c1)O[C@@H]1C[C@](O)(C(=O)O)C[C@@H](O)[C@H]1O.O=C(O)C=Cc1ccc(O)c(O)c1. The summed E-state index contributed by atoms with van der Waals surface area (Å²) in [5, 5.41) is 101. The minimum Gasteiger partial charge on any atom is -0.504 e. The van der Waals surface area contributed by atoms with Crippen molar-refractivity contribution in [3.8, 4) is 34.5 Å². The van der Waals surface area contributed by atoms with Crippen LogP contribution in [0.1, 0.15) is 29.5 Å². The molecule has 0 saturated heterocycles. The van der Waals surface area contributed by atoms with Gasteiger partial charge in [0.05, 0.1) is 13.2 Å². The van der Waals surface area contributed by atoms with Crippen molar-refractivity contribution in [1.29, 1.82) is 0 Å². The van der Waals surface area contributed by atoms with Gasteiger partial charge < -0.3 is 65.6 Å². The zero-order chi connectivity index (χ0) is 39.2. The lowest BCUT2D eigenvalue weighted by molar-refractivity contribution is -0.196. The Kier molecular flexibility index (Phi) is 15.2. The first-order chi connectivity index (χ1) is 24.3. The predicted octanol–water partition coefficient (Wildman–Crippen LogP) is 2.05. The Balaban J connectivity index is 0.000000294. The molecule has 17 heteroatoms. The normalized spacial score (nSPS) is 19.6. The van der Waals surface area contributed by atoms with Gasteiger partial charge in [0.2, 0.25) is 0 Å². The second-order valence-electron chi connectivity index (χ2n) is 10.9. The Hall–Kier alpha value is -6.56. The summed E-state index contributed by atoms with van der Waals surface area (Å²) in [4.78, 5) is 43.3. The minimum atomic E-state index is -2.31. The number of carbonyl (C=O) groups excluding carboxylic acids is 1. The number of phenols is 5. The summed E-state index contributed by atoms with van der Waals surface area (Å²) in [7, 11) is 1.43. The van der Waals surface area contributed by atoms with Gasteiger partial charge in [-0.1, -0.05) is 18.2 Å². The number of aliphatic carboxylic acids is 3. The van der Waals surface area contributed by atoms with Crippen molar-refractivity contribution in [3.05, 3.63) is 89.5 Å².